The van der Waals surface area contributed by atoms with Crippen molar-refractivity contribution in [1.29, 1.82) is 0 Å². The molecule has 23 heavy (non-hydrogen) atoms. The molecule has 2 aromatic carbocycles. The first-order chi connectivity index (χ1) is 10.7. The molecular weight excluding hydrogens is 312 g/mol. The highest BCUT2D eigenvalue weighted by molar-refractivity contribution is 7.92. The molecule has 1 atom stereocenters. The molecule has 0 aliphatic rings. The minimum absolute atomic E-state index is 0.0503. The number of hydrogen-bond acceptors (Lipinski definition) is 5. The average Bonchev–Trinajstić information content (AvgIpc) is 2.48. The van der Waals surface area contributed by atoms with Gasteiger partial charge < -0.3 is 16.2 Å². The molecule has 2 aromatic rings. The van der Waals surface area contributed by atoms with Crippen LogP contribution in [-0.2, 0) is 9.84 Å². The summed E-state index contributed by atoms with van der Waals surface area (Å²) in [4.78, 5) is 0.183. The predicted octanol–water partition coefficient (Wildman–Crippen LogP) is 3.02. The second kappa shape index (κ2) is 6.50. The van der Waals surface area contributed by atoms with Crippen LogP contribution in [0.1, 0.15) is 19.4 Å². The van der Waals surface area contributed by atoms with E-state index in [2.05, 4.69) is 12.2 Å². The fourth-order valence-corrected chi connectivity index (χ4v) is 4.08. The number of sulfone groups is 1. The second-order valence-corrected chi connectivity index (χ2v) is 7.81. The van der Waals surface area contributed by atoms with E-state index in [1.165, 1.54) is 12.1 Å². The van der Waals surface area contributed by atoms with Crippen molar-refractivity contribution in [3.05, 3.63) is 55.0 Å². The summed E-state index contributed by atoms with van der Waals surface area (Å²) < 4.78 is 25.8. The van der Waals surface area contributed by atoms with E-state index in [0.717, 1.165) is 0 Å². The lowest BCUT2D eigenvalue weighted by atomic mass is 10.1. The van der Waals surface area contributed by atoms with E-state index in [1.807, 2.05) is 0 Å². The highest BCUT2D eigenvalue weighted by Gasteiger charge is 2.31. The molecule has 4 N–H and O–H groups in total. The lowest BCUT2D eigenvalue weighted by Gasteiger charge is -2.24. The van der Waals surface area contributed by atoms with Crippen LogP contribution < -0.4 is 11.1 Å². The molecule has 0 amide bonds. The first kappa shape index (κ1) is 17.1. The van der Waals surface area contributed by atoms with Gasteiger partial charge in [0.25, 0.3) is 0 Å². The normalized spacial score (nSPS) is 13.0. The third-order valence-corrected chi connectivity index (χ3v) is 5.83. The van der Waals surface area contributed by atoms with Crippen LogP contribution >= 0.6 is 0 Å². The minimum Gasteiger partial charge on any atom is -0.505 e. The van der Waals surface area contributed by atoms with Crippen LogP contribution in [0.4, 0.5) is 11.4 Å². The number of anilines is 2. The number of benzene rings is 2. The third kappa shape index (κ3) is 3.59. The number of nitrogens with one attached hydrogen (secondary N) is 1. The van der Waals surface area contributed by atoms with E-state index in [4.69, 9.17) is 5.73 Å². The number of phenols is 1. The maximum atomic E-state index is 12.9. The Morgan fingerprint density at radius 3 is 2.30 bits per heavy atom. The zero-order chi connectivity index (χ0) is 17.2. The summed E-state index contributed by atoms with van der Waals surface area (Å²) in [6.45, 7) is 7.32. The van der Waals surface area contributed by atoms with Crippen LogP contribution in [0.2, 0.25) is 0 Å². The molecule has 0 aromatic heterocycles. The van der Waals surface area contributed by atoms with Gasteiger partial charge in [-0.3, -0.25) is 0 Å². The van der Waals surface area contributed by atoms with Crippen molar-refractivity contribution in [3.8, 4) is 5.75 Å². The van der Waals surface area contributed by atoms with Gasteiger partial charge in [-0.2, -0.15) is 0 Å². The number of phenolic OH excluding ortho intramolecular Hbond substituents is 1. The van der Waals surface area contributed by atoms with Gasteiger partial charge in [0, 0.05) is 5.69 Å². The van der Waals surface area contributed by atoms with Crippen molar-refractivity contribution in [2.75, 3.05) is 11.1 Å². The van der Waals surface area contributed by atoms with Crippen LogP contribution in [-0.4, -0.2) is 18.9 Å². The Kier molecular flexibility index (Phi) is 4.85. The highest BCUT2D eigenvalue weighted by atomic mass is 32.2. The first-order valence-electron chi connectivity index (χ1n) is 7.23. The number of hydrogen-bond donors (Lipinski definition) is 3. The third-order valence-electron chi connectivity index (χ3n) is 3.57. The standard InChI is InChI=1S/C17H21N2O3S/c1-11(2)17(19-15-6-4-5-12(3)16(15)20)23(21,22)14-9-7-13(18)8-10-14/h4-11,17,19-20H,3,18H2,1-2H3/t17-/m0/s1. The van der Waals surface area contributed by atoms with Crippen LogP contribution in [0.25, 0.3) is 0 Å². The summed E-state index contributed by atoms with van der Waals surface area (Å²) in [5, 5.41) is 12.1. The van der Waals surface area contributed by atoms with Crippen molar-refractivity contribution in [2.45, 2.75) is 24.1 Å². The average molecular weight is 333 g/mol. The first-order valence-corrected chi connectivity index (χ1v) is 8.78. The predicted molar refractivity (Wildman–Crippen MR) is 92.9 cm³/mol. The summed E-state index contributed by atoms with van der Waals surface area (Å²) in [6.07, 6.45) is 0. The Balaban J connectivity index is 2.42. The molecular formula is C17H21N2O3S. The van der Waals surface area contributed by atoms with Gasteiger partial charge in [-0.25, -0.2) is 8.42 Å². The van der Waals surface area contributed by atoms with Crippen molar-refractivity contribution in [1.82, 2.24) is 0 Å². The maximum Gasteiger partial charge on any atom is 0.199 e. The number of nitrogens with two attached hydrogens (primary N) is 1. The summed E-state index contributed by atoms with van der Waals surface area (Å²) >= 11 is 0. The Bertz CT molecular complexity index is 784. The van der Waals surface area contributed by atoms with Gasteiger partial charge in [0.1, 0.15) is 11.1 Å². The molecule has 0 saturated heterocycles. The topological polar surface area (TPSA) is 92.4 Å². The van der Waals surface area contributed by atoms with E-state index in [1.54, 1.807) is 44.2 Å². The molecule has 2 rings (SSSR count). The van der Waals surface area contributed by atoms with Gasteiger partial charge in [-0.1, -0.05) is 26.0 Å². The number of aromatic hydroxyl groups is 1. The highest BCUT2D eigenvalue weighted by Crippen LogP contribution is 2.31. The minimum atomic E-state index is -3.64. The summed E-state index contributed by atoms with van der Waals surface area (Å²) in [5.74, 6) is -0.268. The molecule has 0 fully saturated rings. The maximum absolute atomic E-state index is 12.9. The molecule has 0 bridgehead atoms. The van der Waals surface area contributed by atoms with Gasteiger partial charge in [-0.15, -0.1) is 0 Å². The smallest absolute Gasteiger partial charge is 0.199 e. The molecule has 0 aliphatic carbocycles. The molecule has 0 spiro atoms. The van der Waals surface area contributed by atoms with E-state index in [9.17, 15) is 13.5 Å². The van der Waals surface area contributed by atoms with Crippen LogP contribution in [0.15, 0.2) is 47.4 Å². The zero-order valence-corrected chi connectivity index (χ0v) is 14.0. The number of rotatable bonds is 5. The van der Waals surface area contributed by atoms with Crippen LogP contribution in [0.5, 0.6) is 5.75 Å². The zero-order valence-electron chi connectivity index (χ0n) is 13.2. The fourth-order valence-electron chi connectivity index (χ4n) is 2.27. The van der Waals surface area contributed by atoms with Crippen molar-refractivity contribution in [2.24, 2.45) is 5.92 Å². The molecule has 1 radical (unpaired) electrons. The molecule has 0 saturated carbocycles. The molecule has 5 nitrogen and oxygen atoms in total. The lowest BCUT2D eigenvalue weighted by Crippen LogP contribution is -2.34. The summed E-state index contributed by atoms with van der Waals surface area (Å²) in [6, 6.07) is 11.1. The number of nitrogen functional groups attached to an aromatic ring is 1. The molecule has 0 heterocycles. The summed E-state index contributed by atoms with van der Waals surface area (Å²) in [7, 11) is -3.64. The van der Waals surface area contributed by atoms with E-state index in [-0.39, 0.29) is 16.6 Å². The van der Waals surface area contributed by atoms with Gasteiger partial charge >= 0.3 is 0 Å². The summed E-state index contributed by atoms with van der Waals surface area (Å²) in [5.41, 5.74) is 6.89. The van der Waals surface area contributed by atoms with Crippen LogP contribution in [0.3, 0.4) is 0 Å². The van der Waals surface area contributed by atoms with Crippen molar-refractivity contribution >= 4 is 21.2 Å². The van der Waals surface area contributed by atoms with Gasteiger partial charge in [-0.05, 0) is 48.7 Å². The van der Waals surface area contributed by atoms with Crippen molar-refractivity contribution in [3.63, 3.8) is 0 Å². The molecule has 0 aliphatic heterocycles. The van der Waals surface area contributed by atoms with Gasteiger partial charge in [0.2, 0.25) is 0 Å². The fraction of sp³-hybridized carbons (Fsp3) is 0.235. The molecule has 6 heteroatoms. The van der Waals surface area contributed by atoms with Crippen LogP contribution in [0, 0.1) is 12.8 Å². The van der Waals surface area contributed by atoms with E-state index >= 15 is 0 Å². The molecule has 123 valence electrons. The molecule has 0 unspecified atom stereocenters. The van der Waals surface area contributed by atoms with Gasteiger partial charge in [0.15, 0.2) is 9.84 Å². The van der Waals surface area contributed by atoms with E-state index in [0.29, 0.717) is 16.9 Å². The Morgan fingerprint density at radius 2 is 1.74 bits per heavy atom. The monoisotopic (exact) mass is 333 g/mol. The quantitative estimate of drug-likeness (QED) is 0.578. The number of para-hydroxylation sites is 1. The van der Waals surface area contributed by atoms with Crippen molar-refractivity contribution < 1.29 is 13.5 Å². The Morgan fingerprint density at radius 1 is 1.13 bits per heavy atom. The Labute approximate surface area is 137 Å². The van der Waals surface area contributed by atoms with Gasteiger partial charge in [0.05, 0.1) is 10.6 Å². The SMILES string of the molecule is [CH2]c1cccc(N[C@H](C(C)C)S(=O)(=O)c2ccc(N)cc2)c1O. The lowest BCUT2D eigenvalue weighted by molar-refractivity contribution is 0.473. The van der Waals surface area contributed by atoms with E-state index < -0.39 is 15.2 Å². The second-order valence-electron chi connectivity index (χ2n) is 5.74. The largest absolute Gasteiger partial charge is 0.505 e. The Hall–Kier alpha value is -2.21.